The average molecular weight is 375 g/mol. The molecule has 2 aromatic rings. The zero-order chi connectivity index (χ0) is 19.3. The van der Waals surface area contributed by atoms with Crippen molar-refractivity contribution in [2.75, 3.05) is 10.6 Å². The van der Waals surface area contributed by atoms with Crippen LogP contribution in [0.3, 0.4) is 0 Å². The van der Waals surface area contributed by atoms with Gasteiger partial charge in [0.15, 0.2) is 0 Å². The number of benzene rings is 2. The Labute approximate surface area is 156 Å². The Kier molecular flexibility index (Phi) is 6.42. The maximum atomic E-state index is 12.3. The van der Waals surface area contributed by atoms with Gasteiger partial charge in [0.05, 0.1) is 18.5 Å². The predicted molar refractivity (Wildman–Crippen MR) is 106 cm³/mol. The lowest BCUT2D eigenvalue weighted by Crippen LogP contribution is -2.36. The molecule has 5 nitrogen and oxygen atoms in total. The second kappa shape index (κ2) is 8.36. The van der Waals surface area contributed by atoms with Crippen molar-refractivity contribution in [1.29, 1.82) is 0 Å². The summed E-state index contributed by atoms with van der Waals surface area (Å²) in [6.45, 7) is 6.29. The molecule has 2 rings (SSSR count). The number of rotatable bonds is 7. The second-order valence-electron chi connectivity index (χ2n) is 6.81. The first-order chi connectivity index (χ1) is 12.2. The van der Waals surface area contributed by atoms with E-state index in [0.29, 0.717) is 17.2 Å². The summed E-state index contributed by atoms with van der Waals surface area (Å²) < 4.78 is 25.8. The van der Waals surface area contributed by atoms with Gasteiger partial charge >= 0.3 is 0 Å². The van der Waals surface area contributed by atoms with Crippen molar-refractivity contribution >= 4 is 21.6 Å². The minimum absolute atomic E-state index is 0.0628. The predicted octanol–water partition coefficient (Wildman–Crippen LogP) is 3.43. The maximum absolute atomic E-state index is 12.3. The van der Waals surface area contributed by atoms with E-state index < -0.39 is 10.0 Å². The van der Waals surface area contributed by atoms with Crippen LogP contribution in [-0.4, -0.2) is 26.6 Å². The van der Waals surface area contributed by atoms with Crippen molar-refractivity contribution in [3.05, 3.63) is 65.7 Å². The topological polar surface area (TPSA) is 66.5 Å². The molecule has 6 heteroatoms. The molecule has 1 atom stereocenters. The smallest absolute Gasteiger partial charge is 0.251 e. The molecule has 0 aromatic heterocycles. The minimum Gasteiger partial charge on any atom is -0.349 e. The summed E-state index contributed by atoms with van der Waals surface area (Å²) in [7, 11) is -3.45. The normalized spacial score (nSPS) is 12.7. The van der Waals surface area contributed by atoms with Gasteiger partial charge in [-0.2, -0.15) is 0 Å². The van der Waals surface area contributed by atoms with E-state index in [0.717, 1.165) is 5.56 Å². The van der Waals surface area contributed by atoms with Crippen LogP contribution in [0.1, 0.15) is 36.7 Å². The summed E-state index contributed by atoms with van der Waals surface area (Å²) in [5.74, 6) is 0.177. The second-order valence-corrected chi connectivity index (χ2v) is 8.72. The van der Waals surface area contributed by atoms with Crippen molar-refractivity contribution < 1.29 is 13.2 Å². The Morgan fingerprint density at radius 3 is 2.08 bits per heavy atom. The highest BCUT2D eigenvalue weighted by Crippen LogP contribution is 2.21. The number of amides is 1. The zero-order valence-electron chi connectivity index (χ0n) is 15.6. The first-order valence-electron chi connectivity index (χ1n) is 8.61. The number of carbonyl (C=O) groups is 1. The summed E-state index contributed by atoms with van der Waals surface area (Å²) in [4.78, 5) is 12.3. The highest BCUT2D eigenvalue weighted by molar-refractivity contribution is 7.92. The molecule has 0 heterocycles. The number of sulfonamides is 1. The number of anilines is 1. The molecule has 26 heavy (non-hydrogen) atoms. The van der Waals surface area contributed by atoms with Gasteiger partial charge in [-0.05, 0) is 42.7 Å². The van der Waals surface area contributed by atoms with Gasteiger partial charge < -0.3 is 5.32 Å². The largest absolute Gasteiger partial charge is 0.349 e. The molecule has 0 aliphatic heterocycles. The molecular formula is C20H26N2O3S. The highest BCUT2D eigenvalue weighted by atomic mass is 32.2. The molecule has 0 spiro atoms. The lowest BCUT2D eigenvalue weighted by Gasteiger charge is -2.23. The van der Waals surface area contributed by atoms with Crippen LogP contribution >= 0.6 is 0 Å². The summed E-state index contributed by atoms with van der Waals surface area (Å²) in [5, 5.41) is 2.94. The molecule has 0 radical (unpaired) electrons. The third kappa shape index (κ3) is 5.33. The number of hydrogen-bond donors (Lipinski definition) is 1. The monoisotopic (exact) mass is 374 g/mol. The van der Waals surface area contributed by atoms with E-state index in [1.807, 2.05) is 51.1 Å². The maximum Gasteiger partial charge on any atom is 0.251 e. The quantitative estimate of drug-likeness (QED) is 0.807. The minimum atomic E-state index is -3.45. The standard InChI is InChI=1S/C20H26N2O3S/c1-15(2)16(3)21-20(23)18-10-12-19(13-11-18)22(26(4,24)25)14-17-8-6-5-7-9-17/h5-13,15-16H,14H2,1-4H3,(H,21,23). The van der Waals surface area contributed by atoms with Gasteiger partial charge in [0.2, 0.25) is 10.0 Å². The van der Waals surface area contributed by atoms with Crippen LogP contribution in [0.4, 0.5) is 5.69 Å². The molecule has 1 N–H and O–H groups in total. The van der Waals surface area contributed by atoms with Gasteiger partial charge in [0, 0.05) is 11.6 Å². The van der Waals surface area contributed by atoms with Gasteiger partial charge in [-0.3, -0.25) is 9.10 Å². The fourth-order valence-electron chi connectivity index (χ4n) is 2.39. The van der Waals surface area contributed by atoms with Crippen LogP contribution in [-0.2, 0) is 16.6 Å². The third-order valence-corrected chi connectivity index (χ3v) is 5.49. The van der Waals surface area contributed by atoms with E-state index in [9.17, 15) is 13.2 Å². The first-order valence-corrected chi connectivity index (χ1v) is 10.5. The van der Waals surface area contributed by atoms with Crippen molar-refractivity contribution in [2.24, 2.45) is 5.92 Å². The molecule has 0 saturated heterocycles. The van der Waals surface area contributed by atoms with E-state index in [2.05, 4.69) is 5.32 Å². The molecule has 0 fully saturated rings. The Bertz CT molecular complexity index is 831. The Hall–Kier alpha value is -2.34. The van der Waals surface area contributed by atoms with Crippen LogP contribution < -0.4 is 9.62 Å². The molecule has 0 aliphatic carbocycles. The third-order valence-electron chi connectivity index (χ3n) is 4.35. The van der Waals surface area contributed by atoms with Gasteiger partial charge in [-0.15, -0.1) is 0 Å². The van der Waals surface area contributed by atoms with Crippen molar-refractivity contribution in [2.45, 2.75) is 33.4 Å². The SMILES string of the molecule is CC(C)C(C)NC(=O)c1ccc(N(Cc2ccccc2)S(C)(=O)=O)cc1. The van der Waals surface area contributed by atoms with E-state index >= 15 is 0 Å². The number of carbonyl (C=O) groups excluding carboxylic acids is 1. The molecule has 1 amide bonds. The van der Waals surface area contributed by atoms with Crippen LogP contribution in [0.15, 0.2) is 54.6 Å². The zero-order valence-corrected chi connectivity index (χ0v) is 16.5. The molecule has 0 saturated carbocycles. The van der Waals surface area contributed by atoms with E-state index in [1.165, 1.54) is 10.6 Å². The number of nitrogens with one attached hydrogen (secondary N) is 1. The van der Waals surface area contributed by atoms with E-state index in [4.69, 9.17) is 0 Å². The van der Waals surface area contributed by atoms with Gasteiger partial charge in [-0.1, -0.05) is 44.2 Å². The molecule has 0 aliphatic rings. The van der Waals surface area contributed by atoms with Crippen molar-refractivity contribution in [1.82, 2.24) is 5.32 Å². The van der Waals surface area contributed by atoms with Gasteiger partial charge in [-0.25, -0.2) is 8.42 Å². The van der Waals surface area contributed by atoms with Gasteiger partial charge in [0.25, 0.3) is 5.91 Å². The molecular weight excluding hydrogens is 348 g/mol. The van der Waals surface area contributed by atoms with Crippen LogP contribution in [0.25, 0.3) is 0 Å². The summed E-state index contributed by atoms with van der Waals surface area (Å²) in [6.07, 6.45) is 1.18. The van der Waals surface area contributed by atoms with E-state index in [-0.39, 0.29) is 18.5 Å². The Balaban J connectivity index is 2.21. The first kappa shape index (κ1) is 20.0. The van der Waals surface area contributed by atoms with Crippen LogP contribution in [0.2, 0.25) is 0 Å². The molecule has 140 valence electrons. The summed E-state index contributed by atoms with van der Waals surface area (Å²) in [5.41, 5.74) is 1.93. The fourth-order valence-corrected chi connectivity index (χ4v) is 3.27. The average Bonchev–Trinajstić information content (AvgIpc) is 2.59. The Morgan fingerprint density at radius 2 is 1.58 bits per heavy atom. The molecule has 1 unspecified atom stereocenters. The number of nitrogens with zero attached hydrogens (tertiary/aromatic N) is 1. The lowest BCUT2D eigenvalue weighted by molar-refractivity contribution is 0.0930. The highest BCUT2D eigenvalue weighted by Gasteiger charge is 2.19. The van der Waals surface area contributed by atoms with Crippen LogP contribution in [0.5, 0.6) is 0 Å². The van der Waals surface area contributed by atoms with Gasteiger partial charge in [0.1, 0.15) is 0 Å². The fraction of sp³-hybridized carbons (Fsp3) is 0.350. The van der Waals surface area contributed by atoms with Crippen LogP contribution in [0, 0.1) is 5.92 Å². The number of hydrogen-bond acceptors (Lipinski definition) is 3. The lowest BCUT2D eigenvalue weighted by atomic mass is 10.1. The van der Waals surface area contributed by atoms with Crippen molar-refractivity contribution in [3.8, 4) is 0 Å². The molecule has 2 aromatic carbocycles. The summed E-state index contributed by atoms with van der Waals surface area (Å²) in [6, 6.07) is 16.1. The Morgan fingerprint density at radius 1 is 1.00 bits per heavy atom. The summed E-state index contributed by atoms with van der Waals surface area (Å²) >= 11 is 0. The van der Waals surface area contributed by atoms with Crippen molar-refractivity contribution in [3.63, 3.8) is 0 Å². The van der Waals surface area contributed by atoms with E-state index in [1.54, 1.807) is 24.3 Å². The molecule has 0 bridgehead atoms.